The molecule has 1 fully saturated rings. The van der Waals surface area contributed by atoms with E-state index >= 15 is 0 Å². The van der Waals surface area contributed by atoms with E-state index in [-0.39, 0.29) is 5.75 Å². The summed E-state index contributed by atoms with van der Waals surface area (Å²) in [5.41, 5.74) is -0.678. The minimum atomic E-state index is -4.33. The Bertz CT molecular complexity index is 713. The smallest absolute Gasteiger partial charge is 0.416 e. The Kier molecular flexibility index (Phi) is 12.8. The van der Waals surface area contributed by atoms with Gasteiger partial charge in [-0.3, -0.25) is 4.79 Å². The Morgan fingerprint density at radius 2 is 2.03 bits per heavy atom. The van der Waals surface area contributed by atoms with Crippen molar-refractivity contribution in [3.05, 3.63) is 54.6 Å². The molecule has 1 aromatic carbocycles. The van der Waals surface area contributed by atoms with Gasteiger partial charge < -0.3 is 9.84 Å². The lowest BCUT2D eigenvalue weighted by atomic mass is 9.87. The van der Waals surface area contributed by atoms with Crippen LogP contribution in [-0.4, -0.2) is 17.7 Å². The molecule has 0 aliphatic heterocycles. The van der Waals surface area contributed by atoms with Crippen molar-refractivity contribution >= 4 is 5.97 Å². The molecule has 1 saturated carbocycles. The molecule has 0 heterocycles. The summed E-state index contributed by atoms with van der Waals surface area (Å²) in [7, 11) is 0. The molecule has 2 rings (SSSR count). The van der Waals surface area contributed by atoms with Crippen molar-refractivity contribution in [3.8, 4) is 5.75 Å². The molecular weight excluding hydrogens is 417 g/mol. The number of alkyl halides is 3. The van der Waals surface area contributed by atoms with Gasteiger partial charge in [-0.05, 0) is 68.1 Å². The van der Waals surface area contributed by atoms with E-state index in [4.69, 9.17) is 9.84 Å². The number of halogens is 3. The van der Waals surface area contributed by atoms with E-state index in [2.05, 4.69) is 32.6 Å². The van der Waals surface area contributed by atoms with Gasteiger partial charge in [-0.15, -0.1) is 6.58 Å². The second-order valence-electron chi connectivity index (χ2n) is 8.35. The van der Waals surface area contributed by atoms with Crippen LogP contribution in [0.1, 0.15) is 70.8 Å². The fraction of sp³-hybridized carbons (Fsp3) is 0.577. The van der Waals surface area contributed by atoms with Gasteiger partial charge in [-0.2, -0.15) is 13.2 Å². The normalized spacial score (nSPS) is 20.6. The highest BCUT2D eigenvalue weighted by Gasteiger charge is 2.31. The summed E-state index contributed by atoms with van der Waals surface area (Å²) in [5.74, 6) is 1.53. The Hall–Kier alpha value is -2.24. The summed E-state index contributed by atoms with van der Waals surface area (Å²) in [6.07, 6.45) is 9.44. The van der Waals surface area contributed by atoms with Gasteiger partial charge in [-0.25, -0.2) is 0 Å². The molecule has 0 bridgehead atoms. The number of carbonyl (C=O) groups is 1. The van der Waals surface area contributed by atoms with Crippen LogP contribution in [0, 0.1) is 17.8 Å². The molecule has 1 aromatic rings. The van der Waals surface area contributed by atoms with Gasteiger partial charge in [0.15, 0.2) is 0 Å². The van der Waals surface area contributed by atoms with Gasteiger partial charge in [0.05, 0.1) is 12.2 Å². The third-order valence-corrected chi connectivity index (χ3v) is 5.77. The predicted molar refractivity (Wildman–Crippen MR) is 123 cm³/mol. The lowest BCUT2D eigenvalue weighted by Gasteiger charge is -2.18. The van der Waals surface area contributed by atoms with Crippen molar-refractivity contribution in [3.63, 3.8) is 0 Å². The molecule has 1 aliphatic rings. The number of hydrogen-bond acceptors (Lipinski definition) is 2. The first-order chi connectivity index (χ1) is 15.2. The van der Waals surface area contributed by atoms with Gasteiger partial charge in [-0.1, -0.05) is 51.0 Å². The van der Waals surface area contributed by atoms with Crippen LogP contribution in [0.15, 0.2) is 49.1 Å². The molecule has 6 heteroatoms. The summed E-state index contributed by atoms with van der Waals surface area (Å²) in [6.45, 7) is 8.57. The molecule has 180 valence electrons. The van der Waals surface area contributed by atoms with Crippen LogP contribution in [0.2, 0.25) is 0 Å². The molecule has 1 N–H and O–H groups in total. The van der Waals surface area contributed by atoms with E-state index in [1.165, 1.54) is 18.9 Å². The first kappa shape index (κ1) is 27.8. The van der Waals surface area contributed by atoms with Crippen molar-refractivity contribution in [1.29, 1.82) is 0 Å². The second-order valence-corrected chi connectivity index (χ2v) is 8.35. The minimum absolute atomic E-state index is 0.261. The number of hydrogen-bond donors (Lipinski definition) is 1. The zero-order valence-corrected chi connectivity index (χ0v) is 19.2. The van der Waals surface area contributed by atoms with Crippen LogP contribution in [0.25, 0.3) is 0 Å². The van der Waals surface area contributed by atoms with Crippen molar-refractivity contribution < 1.29 is 27.8 Å². The van der Waals surface area contributed by atoms with E-state index in [0.717, 1.165) is 43.7 Å². The number of ether oxygens (including phenoxy) is 1. The molecule has 3 atom stereocenters. The summed E-state index contributed by atoms with van der Waals surface area (Å²) in [4.78, 5) is 9.87. The highest BCUT2D eigenvalue weighted by molar-refractivity contribution is 5.66. The number of carboxylic acid groups (broad SMARTS) is 1. The van der Waals surface area contributed by atoms with Crippen molar-refractivity contribution in [2.75, 3.05) is 6.61 Å². The molecule has 1 aliphatic carbocycles. The highest BCUT2D eigenvalue weighted by Crippen LogP contribution is 2.40. The zero-order chi connectivity index (χ0) is 24.0. The standard InChI is InChI=1S/C20H25F3O.C6H12O2/c1-3-7-19-15(2)11-12-16(19)8-4-5-13-24-18-10-6-9-17(14-18)20(21,22)23;1-2-3-4-5-6(7)8/h3-4,6,8-10,14-16,19H,1,5,7,11-13H2,2H3;2-5H2,1H3,(H,7,8)/b8-4+;/t15-,16?,19-;/m0./s1. The van der Waals surface area contributed by atoms with Gasteiger partial charge in [0.2, 0.25) is 0 Å². The van der Waals surface area contributed by atoms with E-state index < -0.39 is 17.7 Å². The van der Waals surface area contributed by atoms with Crippen LogP contribution < -0.4 is 4.74 Å². The Balaban J connectivity index is 0.000000547. The van der Waals surface area contributed by atoms with E-state index in [0.29, 0.717) is 31.3 Å². The Labute approximate surface area is 190 Å². The summed E-state index contributed by atoms with van der Waals surface area (Å²) < 4.78 is 43.4. The fourth-order valence-electron chi connectivity index (χ4n) is 3.95. The van der Waals surface area contributed by atoms with Crippen molar-refractivity contribution in [2.45, 2.75) is 71.4 Å². The number of carboxylic acids is 1. The molecule has 0 amide bonds. The number of aliphatic carboxylic acids is 1. The summed E-state index contributed by atoms with van der Waals surface area (Å²) in [6, 6.07) is 5.02. The zero-order valence-electron chi connectivity index (χ0n) is 19.2. The predicted octanol–water partition coefficient (Wildman–Crippen LogP) is 7.92. The Morgan fingerprint density at radius 3 is 2.66 bits per heavy atom. The van der Waals surface area contributed by atoms with Crippen LogP contribution in [0.3, 0.4) is 0 Å². The molecule has 32 heavy (non-hydrogen) atoms. The fourth-order valence-corrected chi connectivity index (χ4v) is 3.95. The summed E-state index contributed by atoms with van der Waals surface area (Å²) >= 11 is 0. The number of rotatable bonds is 11. The molecule has 0 aromatic heterocycles. The average Bonchev–Trinajstić information content (AvgIpc) is 3.08. The third-order valence-electron chi connectivity index (χ3n) is 5.77. The first-order valence-corrected chi connectivity index (χ1v) is 11.5. The molecule has 0 spiro atoms. The molecule has 1 unspecified atom stereocenters. The van der Waals surface area contributed by atoms with E-state index in [1.54, 1.807) is 6.07 Å². The van der Waals surface area contributed by atoms with Gasteiger partial charge in [0.1, 0.15) is 5.75 Å². The quantitative estimate of drug-likeness (QED) is 0.273. The lowest BCUT2D eigenvalue weighted by molar-refractivity contribution is -0.138. The monoisotopic (exact) mass is 454 g/mol. The van der Waals surface area contributed by atoms with Crippen LogP contribution in [-0.2, 0) is 11.0 Å². The summed E-state index contributed by atoms with van der Waals surface area (Å²) in [5, 5.41) is 8.14. The van der Waals surface area contributed by atoms with Gasteiger partial charge in [0.25, 0.3) is 0 Å². The van der Waals surface area contributed by atoms with E-state index in [1.807, 2.05) is 6.08 Å². The lowest BCUT2D eigenvalue weighted by Crippen LogP contribution is -2.10. The van der Waals surface area contributed by atoms with Crippen molar-refractivity contribution in [1.82, 2.24) is 0 Å². The van der Waals surface area contributed by atoms with E-state index in [9.17, 15) is 18.0 Å². The largest absolute Gasteiger partial charge is 0.493 e. The minimum Gasteiger partial charge on any atom is -0.493 e. The first-order valence-electron chi connectivity index (χ1n) is 11.5. The van der Waals surface area contributed by atoms with Gasteiger partial charge >= 0.3 is 12.1 Å². The average molecular weight is 455 g/mol. The second kappa shape index (κ2) is 14.8. The highest BCUT2D eigenvalue weighted by atomic mass is 19.4. The van der Waals surface area contributed by atoms with Crippen molar-refractivity contribution in [2.24, 2.45) is 17.8 Å². The van der Waals surface area contributed by atoms with Crippen LogP contribution in [0.4, 0.5) is 13.2 Å². The number of benzene rings is 1. The SMILES string of the molecule is C=CC[C@@H]1C(/C=C/CCOc2cccc(C(F)(F)F)c2)CC[C@@H]1C.CCCCCC(=O)O. The maximum absolute atomic E-state index is 12.6. The van der Waals surface area contributed by atoms with Crippen LogP contribution >= 0.6 is 0 Å². The van der Waals surface area contributed by atoms with Crippen LogP contribution in [0.5, 0.6) is 5.75 Å². The number of unbranched alkanes of at least 4 members (excludes halogenated alkanes) is 2. The molecule has 0 radical (unpaired) electrons. The Morgan fingerprint density at radius 1 is 1.28 bits per heavy atom. The number of allylic oxidation sites excluding steroid dienone is 2. The topological polar surface area (TPSA) is 46.5 Å². The third kappa shape index (κ3) is 10.9. The molecular formula is C26H37F3O3. The van der Waals surface area contributed by atoms with Gasteiger partial charge in [0, 0.05) is 6.42 Å². The maximum atomic E-state index is 12.6. The maximum Gasteiger partial charge on any atom is 0.416 e. The molecule has 0 saturated heterocycles. The molecule has 3 nitrogen and oxygen atoms in total.